The summed E-state index contributed by atoms with van der Waals surface area (Å²) in [6.07, 6.45) is 0. The first-order chi connectivity index (χ1) is 9.06. The zero-order valence-electron chi connectivity index (χ0n) is 10.4. The predicted molar refractivity (Wildman–Crippen MR) is 74.0 cm³/mol. The largest absolute Gasteiger partial charge is 0.456 e. The molecule has 4 nitrogen and oxygen atoms in total. The highest BCUT2D eigenvalue weighted by atomic mass is 35.5. The number of ether oxygens (including phenoxy) is 1. The van der Waals surface area contributed by atoms with Crippen LogP contribution in [0.4, 0.5) is 5.69 Å². The number of hydrogen-bond acceptors (Lipinski definition) is 4. The van der Waals surface area contributed by atoms with E-state index in [9.17, 15) is 4.79 Å². The monoisotopic (exact) mass is 276 g/mol. The number of halogens is 1. The van der Waals surface area contributed by atoms with Gasteiger partial charge in [0.1, 0.15) is 6.61 Å². The Balaban J connectivity index is 2.07. The van der Waals surface area contributed by atoms with Crippen LogP contribution in [0, 0.1) is 6.92 Å². The molecule has 0 amide bonds. The molecule has 98 valence electrons. The van der Waals surface area contributed by atoms with Gasteiger partial charge in [0.05, 0.1) is 11.3 Å². The van der Waals surface area contributed by atoms with Gasteiger partial charge in [0.15, 0.2) is 0 Å². The molecule has 0 spiro atoms. The molecule has 5 heteroatoms. The van der Waals surface area contributed by atoms with Gasteiger partial charge in [-0.05, 0) is 37.3 Å². The molecule has 2 aromatic rings. The molecule has 19 heavy (non-hydrogen) atoms. The van der Waals surface area contributed by atoms with Gasteiger partial charge in [0.2, 0.25) is 0 Å². The Labute approximate surface area is 116 Å². The molecule has 0 aliphatic carbocycles. The van der Waals surface area contributed by atoms with E-state index >= 15 is 0 Å². The molecular weight excluding hydrogens is 264 g/mol. The maximum Gasteiger partial charge on any atom is 0.340 e. The standard InChI is InChI=1S/C14H13ClN2O2/c1-9-3-2-4-11(17-9)8-19-14(18)12-7-10(15)5-6-13(12)16/h2-7H,8,16H2,1H3. The van der Waals surface area contributed by atoms with Crippen molar-refractivity contribution in [2.45, 2.75) is 13.5 Å². The van der Waals surface area contributed by atoms with Gasteiger partial charge >= 0.3 is 5.97 Å². The maximum absolute atomic E-state index is 11.9. The van der Waals surface area contributed by atoms with Crippen molar-refractivity contribution in [3.05, 3.63) is 58.4 Å². The van der Waals surface area contributed by atoms with Gasteiger partial charge in [-0.15, -0.1) is 0 Å². The molecule has 2 rings (SSSR count). The second kappa shape index (κ2) is 5.71. The fraction of sp³-hybridized carbons (Fsp3) is 0.143. The van der Waals surface area contributed by atoms with Crippen LogP contribution in [-0.2, 0) is 11.3 Å². The summed E-state index contributed by atoms with van der Waals surface area (Å²) in [5.41, 5.74) is 7.87. The number of benzene rings is 1. The normalized spacial score (nSPS) is 10.2. The summed E-state index contributed by atoms with van der Waals surface area (Å²) in [4.78, 5) is 16.1. The molecular formula is C14H13ClN2O2. The van der Waals surface area contributed by atoms with Crippen LogP contribution in [0.5, 0.6) is 0 Å². The molecule has 0 unspecified atom stereocenters. The lowest BCUT2D eigenvalue weighted by Crippen LogP contribution is -2.09. The van der Waals surface area contributed by atoms with Crippen LogP contribution in [0.15, 0.2) is 36.4 Å². The average Bonchev–Trinajstić information content (AvgIpc) is 2.39. The molecule has 0 radical (unpaired) electrons. The number of hydrogen-bond donors (Lipinski definition) is 1. The fourth-order valence-electron chi connectivity index (χ4n) is 1.60. The summed E-state index contributed by atoms with van der Waals surface area (Å²) in [5, 5.41) is 0.440. The van der Waals surface area contributed by atoms with E-state index in [-0.39, 0.29) is 12.2 Å². The van der Waals surface area contributed by atoms with Gasteiger partial charge in [-0.3, -0.25) is 4.98 Å². The van der Waals surface area contributed by atoms with Gasteiger partial charge < -0.3 is 10.5 Å². The zero-order chi connectivity index (χ0) is 13.8. The van der Waals surface area contributed by atoms with Crippen molar-refractivity contribution in [1.82, 2.24) is 4.98 Å². The van der Waals surface area contributed by atoms with Crippen molar-refractivity contribution in [3.8, 4) is 0 Å². The Hall–Kier alpha value is -2.07. The number of nitrogen functional groups attached to an aromatic ring is 1. The summed E-state index contributed by atoms with van der Waals surface area (Å²) in [5.74, 6) is -0.511. The van der Waals surface area contributed by atoms with Crippen LogP contribution in [0.2, 0.25) is 5.02 Å². The first-order valence-corrected chi connectivity index (χ1v) is 6.09. The van der Waals surface area contributed by atoms with E-state index < -0.39 is 5.97 Å². The smallest absolute Gasteiger partial charge is 0.340 e. The molecule has 1 aromatic heterocycles. The number of carbonyl (C=O) groups excluding carboxylic acids is 1. The van der Waals surface area contributed by atoms with E-state index in [1.165, 1.54) is 6.07 Å². The third-order valence-electron chi connectivity index (χ3n) is 2.53. The molecule has 0 fully saturated rings. The number of rotatable bonds is 3. The van der Waals surface area contributed by atoms with Crippen LogP contribution in [0.3, 0.4) is 0 Å². The van der Waals surface area contributed by atoms with Crippen molar-refractivity contribution in [1.29, 1.82) is 0 Å². The lowest BCUT2D eigenvalue weighted by atomic mass is 10.2. The summed E-state index contributed by atoms with van der Waals surface area (Å²) in [7, 11) is 0. The topological polar surface area (TPSA) is 65.2 Å². The number of pyridine rings is 1. The molecule has 1 aromatic carbocycles. The number of nitrogens with zero attached hydrogens (tertiary/aromatic N) is 1. The Kier molecular flexibility index (Phi) is 4.02. The van der Waals surface area contributed by atoms with Crippen LogP contribution < -0.4 is 5.73 Å². The van der Waals surface area contributed by atoms with Crippen molar-refractivity contribution < 1.29 is 9.53 Å². The summed E-state index contributed by atoms with van der Waals surface area (Å²) in [6, 6.07) is 10.2. The second-order valence-corrected chi connectivity index (χ2v) is 4.51. The number of carbonyl (C=O) groups is 1. The quantitative estimate of drug-likeness (QED) is 0.691. The minimum Gasteiger partial charge on any atom is -0.456 e. The van der Waals surface area contributed by atoms with Gasteiger partial charge in [-0.25, -0.2) is 4.79 Å². The van der Waals surface area contributed by atoms with Crippen molar-refractivity contribution in [2.75, 3.05) is 5.73 Å². The first kappa shape index (κ1) is 13.4. The number of aromatic nitrogens is 1. The minimum atomic E-state index is -0.511. The highest BCUT2D eigenvalue weighted by molar-refractivity contribution is 6.31. The molecule has 0 aliphatic heterocycles. The molecule has 0 aliphatic rings. The lowest BCUT2D eigenvalue weighted by Gasteiger charge is -2.07. The van der Waals surface area contributed by atoms with Crippen molar-refractivity contribution in [3.63, 3.8) is 0 Å². The zero-order valence-corrected chi connectivity index (χ0v) is 11.1. The van der Waals surface area contributed by atoms with Crippen LogP contribution in [-0.4, -0.2) is 11.0 Å². The van der Waals surface area contributed by atoms with Gasteiger partial charge in [0, 0.05) is 16.4 Å². The Bertz CT molecular complexity index is 614. The van der Waals surface area contributed by atoms with E-state index in [4.69, 9.17) is 22.1 Å². The Morgan fingerprint density at radius 2 is 2.16 bits per heavy atom. The number of aryl methyl sites for hydroxylation is 1. The third-order valence-corrected chi connectivity index (χ3v) is 2.77. The van der Waals surface area contributed by atoms with E-state index in [0.29, 0.717) is 16.4 Å². The number of esters is 1. The summed E-state index contributed by atoms with van der Waals surface area (Å²) < 4.78 is 5.16. The van der Waals surface area contributed by atoms with Crippen LogP contribution >= 0.6 is 11.6 Å². The molecule has 1 heterocycles. The average molecular weight is 277 g/mol. The number of nitrogens with two attached hydrogens (primary N) is 1. The minimum absolute atomic E-state index is 0.104. The predicted octanol–water partition coefficient (Wildman–Crippen LogP) is 2.98. The lowest BCUT2D eigenvalue weighted by molar-refractivity contribution is 0.0469. The van der Waals surface area contributed by atoms with E-state index in [1.807, 2.05) is 19.1 Å². The molecule has 0 bridgehead atoms. The van der Waals surface area contributed by atoms with Crippen molar-refractivity contribution >= 4 is 23.3 Å². The SMILES string of the molecule is Cc1cccc(COC(=O)c2cc(Cl)ccc2N)n1. The van der Waals surface area contributed by atoms with E-state index in [1.54, 1.807) is 18.2 Å². The Morgan fingerprint density at radius 1 is 1.37 bits per heavy atom. The third kappa shape index (κ3) is 3.45. The van der Waals surface area contributed by atoms with Crippen LogP contribution in [0.25, 0.3) is 0 Å². The highest BCUT2D eigenvalue weighted by Crippen LogP contribution is 2.19. The summed E-state index contributed by atoms with van der Waals surface area (Å²) >= 11 is 5.82. The summed E-state index contributed by atoms with van der Waals surface area (Å²) in [6.45, 7) is 1.98. The molecule has 0 atom stereocenters. The van der Waals surface area contributed by atoms with E-state index in [0.717, 1.165) is 5.69 Å². The second-order valence-electron chi connectivity index (χ2n) is 4.08. The molecule has 2 N–H and O–H groups in total. The van der Waals surface area contributed by atoms with Gasteiger partial charge in [-0.1, -0.05) is 17.7 Å². The highest BCUT2D eigenvalue weighted by Gasteiger charge is 2.12. The Morgan fingerprint density at radius 3 is 2.89 bits per heavy atom. The van der Waals surface area contributed by atoms with Crippen LogP contribution in [0.1, 0.15) is 21.7 Å². The van der Waals surface area contributed by atoms with Crippen molar-refractivity contribution in [2.24, 2.45) is 0 Å². The van der Waals surface area contributed by atoms with Gasteiger partial charge in [0.25, 0.3) is 0 Å². The molecule has 0 saturated heterocycles. The maximum atomic E-state index is 11.9. The van der Waals surface area contributed by atoms with Gasteiger partial charge in [-0.2, -0.15) is 0 Å². The number of anilines is 1. The fourth-order valence-corrected chi connectivity index (χ4v) is 1.77. The van der Waals surface area contributed by atoms with E-state index in [2.05, 4.69) is 4.98 Å². The first-order valence-electron chi connectivity index (χ1n) is 5.71. The molecule has 0 saturated carbocycles.